The standard InChI is InChI=1S/C23H32N4O3/c1-15(8-9-17-6-4-3-5-7-17)24-22(29)18-10-12-19(13-11-18)25-21(28)14-20-16(2)26-27-23(20)30/h3-7,15,18-19H,8-14H2,1-2H3,(H,24,29)(H,25,28)(H2,26,27,30). The van der Waals surface area contributed by atoms with Crippen molar-refractivity contribution in [3.8, 4) is 0 Å². The number of benzene rings is 1. The highest BCUT2D eigenvalue weighted by molar-refractivity contribution is 5.80. The lowest BCUT2D eigenvalue weighted by molar-refractivity contribution is -0.126. The summed E-state index contributed by atoms with van der Waals surface area (Å²) in [6.07, 6.45) is 5.04. The molecule has 0 aliphatic heterocycles. The van der Waals surface area contributed by atoms with Crippen LogP contribution in [0.25, 0.3) is 0 Å². The smallest absolute Gasteiger partial charge is 0.267 e. The minimum Gasteiger partial charge on any atom is -0.353 e. The topological polar surface area (TPSA) is 107 Å². The van der Waals surface area contributed by atoms with Gasteiger partial charge >= 0.3 is 0 Å². The zero-order valence-corrected chi connectivity index (χ0v) is 17.8. The Bertz CT molecular complexity index is 895. The third kappa shape index (κ3) is 6.08. The third-order valence-corrected chi connectivity index (χ3v) is 5.99. The normalized spacial score (nSPS) is 19.8. The number of carbonyl (C=O) groups is 2. The van der Waals surface area contributed by atoms with E-state index in [0.29, 0.717) is 11.3 Å². The number of amides is 2. The largest absolute Gasteiger partial charge is 0.353 e. The van der Waals surface area contributed by atoms with E-state index in [2.05, 4.69) is 39.9 Å². The van der Waals surface area contributed by atoms with E-state index in [1.54, 1.807) is 6.92 Å². The molecule has 7 nitrogen and oxygen atoms in total. The highest BCUT2D eigenvalue weighted by Gasteiger charge is 2.28. The summed E-state index contributed by atoms with van der Waals surface area (Å²) in [6, 6.07) is 10.5. The predicted octanol–water partition coefficient (Wildman–Crippen LogP) is 2.37. The number of hydrogen-bond acceptors (Lipinski definition) is 3. The average molecular weight is 413 g/mol. The number of aromatic amines is 2. The molecule has 1 atom stereocenters. The zero-order valence-electron chi connectivity index (χ0n) is 17.8. The Balaban J connectivity index is 1.37. The van der Waals surface area contributed by atoms with Crippen molar-refractivity contribution < 1.29 is 9.59 Å². The van der Waals surface area contributed by atoms with Gasteiger partial charge in [-0.3, -0.25) is 19.5 Å². The molecule has 1 heterocycles. The molecule has 0 spiro atoms. The highest BCUT2D eigenvalue weighted by atomic mass is 16.2. The molecule has 3 rings (SSSR count). The summed E-state index contributed by atoms with van der Waals surface area (Å²) in [4.78, 5) is 36.6. The van der Waals surface area contributed by atoms with E-state index in [0.717, 1.165) is 38.5 Å². The van der Waals surface area contributed by atoms with Crippen LogP contribution < -0.4 is 16.2 Å². The SMILES string of the molecule is Cc1[nH][nH]c(=O)c1CC(=O)NC1CCC(C(=O)NC(C)CCc2ccccc2)CC1. The lowest BCUT2D eigenvalue weighted by atomic mass is 9.85. The van der Waals surface area contributed by atoms with Crippen molar-refractivity contribution in [2.24, 2.45) is 5.92 Å². The first-order valence-electron chi connectivity index (χ1n) is 10.8. The summed E-state index contributed by atoms with van der Waals surface area (Å²) in [5.74, 6) is -0.0208. The minimum absolute atomic E-state index is 0.00656. The molecule has 2 amide bonds. The maximum Gasteiger partial charge on any atom is 0.267 e. The van der Waals surface area contributed by atoms with Gasteiger partial charge in [-0.1, -0.05) is 30.3 Å². The van der Waals surface area contributed by atoms with Gasteiger partial charge in [-0.2, -0.15) is 0 Å². The summed E-state index contributed by atoms with van der Waals surface area (Å²) in [7, 11) is 0. The zero-order chi connectivity index (χ0) is 21.5. The van der Waals surface area contributed by atoms with Crippen molar-refractivity contribution in [2.75, 3.05) is 0 Å². The second-order valence-electron chi connectivity index (χ2n) is 8.41. The molecule has 0 saturated heterocycles. The minimum atomic E-state index is -0.246. The predicted molar refractivity (Wildman–Crippen MR) is 116 cm³/mol. The number of nitrogens with one attached hydrogen (secondary N) is 4. The van der Waals surface area contributed by atoms with Gasteiger partial charge in [0.15, 0.2) is 0 Å². The molecule has 1 unspecified atom stereocenters. The van der Waals surface area contributed by atoms with Crippen LogP contribution in [0.2, 0.25) is 0 Å². The summed E-state index contributed by atoms with van der Waals surface area (Å²) in [6.45, 7) is 3.82. The van der Waals surface area contributed by atoms with Crippen LogP contribution in [-0.4, -0.2) is 34.1 Å². The first-order valence-corrected chi connectivity index (χ1v) is 10.8. The van der Waals surface area contributed by atoms with Crippen LogP contribution >= 0.6 is 0 Å². The number of aromatic nitrogens is 2. The Morgan fingerprint density at radius 2 is 1.80 bits per heavy atom. The summed E-state index contributed by atoms with van der Waals surface area (Å²) >= 11 is 0. The molecule has 0 radical (unpaired) electrons. The lowest BCUT2D eigenvalue weighted by Crippen LogP contribution is -2.43. The van der Waals surface area contributed by atoms with Crippen molar-refractivity contribution in [1.82, 2.24) is 20.8 Å². The van der Waals surface area contributed by atoms with E-state index in [-0.39, 0.29) is 41.8 Å². The van der Waals surface area contributed by atoms with Crippen molar-refractivity contribution >= 4 is 11.8 Å². The van der Waals surface area contributed by atoms with Crippen LogP contribution in [0.5, 0.6) is 0 Å². The molecule has 30 heavy (non-hydrogen) atoms. The Kier molecular flexibility index (Phi) is 7.49. The first kappa shape index (κ1) is 21.9. The van der Waals surface area contributed by atoms with Gasteiger partial charge in [0.1, 0.15) is 0 Å². The number of hydrogen-bond donors (Lipinski definition) is 4. The van der Waals surface area contributed by atoms with Crippen molar-refractivity contribution in [1.29, 1.82) is 0 Å². The monoisotopic (exact) mass is 412 g/mol. The number of aryl methyl sites for hydroxylation is 2. The molecular formula is C23H32N4O3. The summed E-state index contributed by atoms with van der Waals surface area (Å²) in [5.41, 5.74) is 2.21. The molecule has 1 saturated carbocycles. The Hall–Kier alpha value is -2.83. The van der Waals surface area contributed by atoms with E-state index < -0.39 is 0 Å². The number of rotatable bonds is 8. The van der Waals surface area contributed by atoms with E-state index in [4.69, 9.17) is 0 Å². The first-order chi connectivity index (χ1) is 14.4. The van der Waals surface area contributed by atoms with Crippen LogP contribution in [0.1, 0.15) is 55.8 Å². The van der Waals surface area contributed by atoms with Crippen molar-refractivity contribution in [3.05, 3.63) is 57.5 Å². The van der Waals surface area contributed by atoms with Gasteiger partial charge in [0.25, 0.3) is 5.56 Å². The molecule has 1 aromatic carbocycles. The van der Waals surface area contributed by atoms with Crippen LogP contribution in [0.15, 0.2) is 35.1 Å². The summed E-state index contributed by atoms with van der Waals surface area (Å²) in [5, 5.41) is 11.4. The van der Waals surface area contributed by atoms with E-state index in [1.807, 2.05) is 18.2 Å². The van der Waals surface area contributed by atoms with Crippen LogP contribution in [0, 0.1) is 12.8 Å². The van der Waals surface area contributed by atoms with E-state index in [9.17, 15) is 14.4 Å². The molecule has 1 aliphatic carbocycles. The number of H-pyrrole nitrogens is 2. The van der Waals surface area contributed by atoms with Gasteiger partial charge in [-0.15, -0.1) is 0 Å². The fraction of sp³-hybridized carbons (Fsp3) is 0.522. The molecule has 1 aliphatic rings. The molecule has 1 fully saturated rings. The van der Waals surface area contributed by atoms with Gasteiger partial charge in [-0.25, -0.2) is 0 Å². The molecule has 4 N–H and O–H groups in total. The maximum atomic E-state index is 12.6. The van der Waals surface area contributed by atoms with E-state index in [1.165, 1.54) is 5.56 Å². The quantitative estimate of drug-likeness (QED) is 0.535. The van der Waals surface area contributed by atoms with Crippen molar-refractivity contribution in [2.45, 2.75) is 70.9 Å². The van der Waals surface area contributed by atoms with Gasteiger partial charge in [-0.05, 0) is 57.9 Å². The molecule has 162 valence electrons. The van der Waals surface area contributed by atoms with Gasteiger partial charge in [0, 0.05) is 29.3 Å². The highest BCUT2D eigenvalue weighted by Crippen LogP contribution is 2.25. The van der Waals surface area contributed by atoms with Crippen LogP contribution in [-0.2, 0) is 22.4 Å². The molecule has 7 heteroatoms. The second-order valence-corrected chi connectivity index (χ2v) is 8.41. The average Bonchev–Trinajstić information content (AvgIpc) is 3.05. The fourth-order valence-corrected chi connectivity index (χ4v) is 4.08. The van der Waals surface area contributed by atoms with Gasteiger partial charge in [0.05, 0.1) is 6.42 Å². The van der Waals surface area contributed by atoms with Crippen molar-refractivity contribution in [3.63, 3.8) is 0 Å². The summed E-state index contributed by atoms with van der Waals surface area (Å²) < 4.78 is 0. The Morgan fingerprint density at radius 1 is 1.10 bits per heavy atom. The fourth-order valence-electron chi connectivity index (χ4n) is 4.08. The second kappa shape index (κ2) is 10.3. The van der Waals surface area contributed by atoms with Gasteiger partial charge in [0.2, 0.25) is 11.8 Å². The molecule has 2 aromatic rings. The number of carbonyl (C=O) groups excluding carboxylic acids is 2. The van der Waals surface area contributed by atoms with Gasteiger partial charge < -0.3 is 15.7 Å². The lowest BCUT2D eigenvalue weighted by Gasteiger charge is -2.29. The maximum absolute atomic E-state index is 12.6. The molecular weight excluding hydrogens is 380 g/mol. The third-order valence-electron chi connectivity index (χ3n) is 5.99. The van der Waals surface area contributed by atoms with Crippen LogP contribution in [0.3, 0.4) is 0 Å². The van der Waals surface area contributed by atoms with Crippen LogP contribution in [0.4, 0.5) is 0 Å². The molecule has 0 bridgehead atoms. The van der Waals surface area contributed by atoms with E-state index >= 15 is 0 Å². The Labute approximate surface area is 177 Å². The molecule has 1 aromatic heterocycles. The Morgan fingerprint density at radius 3 is 2.43 bits per heavy atom.